The lowest BCUT2D eigenvalue weighted by molar-refractivity contribution is -0.146. The highest BCUT2D eigenvalue weighted by atomic mass is 28.4. The van der Waals surface area contributed by atoms with E-state index >= 15 is 0 Å². The lowest BCUT2D eigenvalue weighted by Gasteiger charge is -2.34. The highest BCUT2D eigenvalue weighted by molar-refractivity contribution is 6.62. The van der Waals surface area contributed by atoms with Gasteiger partial charge in [-0.2, -0.15) is 0 Å². The molecule has 0 aliphatic heterocycles. The van der Waals surface area contributed by atoms with E-state index in [4.69, 9.17) is 36.0 Å². The van der Waals surface area contributed by atoms with E-state index in [0.717, 1.165) is 12.2 Å². The molecule has 0 aliphatic rings. The highest BCUT2D eigenvalue weighted by Crippen LogP contribution is 2.22. The van der Waals surface area contributed by atoms with Crippen molar-refractivity contribution in [3.63, 3.8) is 0 Å². The van der Waals surface area contributed by atoms with Crippen LogP contribution in [-0.4, -0.2) is 80.6 Å². The second-order valence-corrected chi connectivity index (χ2v) is 12.2. The minimum Gasteiger partial charge on any atom is -0.455 e. The zero-order valence-electron chi connectivity index (χ0n) is 22.0. The molecule has 0 saturated carbocycles. The maximum atomic E-state index is 12.5. The number of carbonyl (C=O) groups is 2. The Labute approximate surface area is 206 Å². The van der Waals surface area contributed by atoms with Gasteiger partial charge >= 0.3 is 29.5 Å². The average Bonchev–Trinajstić information content (AvgIpc) is 2.80. The van der Waals surface area contributed by atoms with Gasteiger partial charge in [-0.15, -0.1) is 0 Å². The van der Waals surface area contributed by atoms with Crippen LogP contribution < -0.4 is 0 Å². The van der Waals surface area contributed by atoms with E-state index in [1.54, 1.807) is 0 Å². The van der Waals surface area contributed by atoms with Gasteiger partial charge < -0.3 is 36.0 Å². The lowest BCUT2D eigenvalue weighted by Crippen LogP contribution is -2.58. The van der Waals surface area contributed by atoms with Gasteiger partial charge in [-0.25, -0.2) is 9.59 Å². The molecule has 200 valence electrons. The van der Waals surface area contributed by atoms with Gasteiger partial charge in [0.2, 0.25) is 0 Å². The van der Waals surface area contributed by atoms with Gasteiger partial charge in [-0.1, -0.05) is 13.8 Å². The zero-order valence-corrected chi connectivity index (χ0v) is 24.0. The summed E-state index contributed by atoms with van der Waals surface area (Å²) in [6.45, 7) is 16.8. The summed E-state index contributed by atoms with van der Waals surface area (Å²) in [6, 6.07) is 0. The van der Waals surface area contributed by atoms with E-state index in [2.05, 4.69) is 0 Å². The summed E-state index contributed by atoms with van der Waals surface area (Å²) in [7, 11) is -6.53. The third-order valence-electron chi connectivity index (χ3n) is 4.48. The van der Waals surface area contributed by atoms with Crippen LogP contribution in [-0.2, 0) is 45.6 Å². The van der Waals surface area contributed by atoms with Crippen molar-refractivity contribution >= 4 is 29.5 Å². The summed E-state index contributed by atoms with van der Waals surface area (Å²) < 4.78 is 46.1. The maximum Gasteiger partial charge on any atom is 0.544 e. The largest absolute Gasteiger partial charge is 0.544 e. The molecule has 0 heterocycles. The Hall–Kier alpha value is -1.13. The van der Waals surface area contributed by atoms with Crippen molar-refractivity contribution in [2.24, 2.45) is 0 Å². The van der Waals surface area contributed by atoms with Crippen LogP contribution in [0, 0.1) is 0 Å². The standard InChI is InChI=1S/C22H44O10Si2/c1-9-21(33(25-11-3,26-12-4)27-13-5)31-19(23)17-18-20(24)32-22(10-2)34(28-14-6,29-15-7)30-16-8/h17-18,21-22H,9-16H2,1-8H3. The fourth-order valence-corrected chi connectivity index (χ4v) is 8.87. The Morgan fingerprint density at radius 1 is 0.529 bits per heavy atom. The van der Waals surface area contributed by atoms with Crippen LogP contribution in [0.5, 0.6) is 0 Å². The van der Waals surface area contributed by atoms with Crippen molar-refractivity contribution in [3.05, 3.63) is 12.2 Å². The van der Waals surface area contributed by atoms with Crippen molar-refractivity contribution in [1.29, 1.82) is 0 Å². The summed E-state index contributed by atoms with van der Waals surface area (Å²) in [4.78, 5) is 25.0. The molecule has 0 radical (unpaired) electrons. The first-order chi connectivity index (χ1) is 16.3. The molecule has 34 heavy (non-hydrogen) atoms. The molecule has 0 fully saturated rings. The topological polar surface area (TPSA) is 108 Å². The monoisotopic (exact) mass is 524 g/mol. The molecule has 0 aromatic rings. The zero-order chi connectivity index (χ0) is 26.0. The van der Waals surface area contributed by atoms with Crippen LogP contribution in [0.4, 0.5) is 0 Å². The number of rotatable bonds is 20. The number of esters is 2. The third-order valence-corrected chi connectivity index (χ3v) is 11.3. The smallest absolute Gasteiger partial charge is 0.455 e. The summed E-state index contributed by atoms with van der Waals surface area (Å²) in [5, 5.41) is 0. The van der Waals surface area contributed by atoms with Gasteiger partial charge in [0.25, 0.3) is 0 Å². The summed E-state index contributed by atoms with van der Waals surface area (Å²) in [6.07, 6.45) is 2.90. The van der Waals surface area contributed by atoms with E-state index < -0.39 is 41.0 Å². The molecule has 0 aromatic carbocycles. The normalized spacial score (nSPS) is 14.2. The quantitative estimate of drug-likeness (QED) is 0.134. The molecule has 2 atom stereocenters. The van der Waals surface area contributed by atoms with E-state index in [9.17, 15) is 9.59 Å². The van der Waals surface area contributed by atoms with Gasteiger partial charge in [0.05, 0.1) is 0 Å². The Balaban J connectivity index is 5.44. The van der Waals surface area contributed by atoms with Crippen molar-refractivity contribution < 1.29 is 45.6 Å². The fourth-order valence-electron chi connectivity index (χ4n) is 3.32. The van der Waals surface area contributed by atoms with Crippen LogP contribution in [0.3, 0.4) is 0 Å². The van der Waals surface area contributed by atoms with E-state index in [-0.39, 0.29) is 0 Å². The second kappa shape index (κ2) is 18.2. The SMILES string of the molecule is CCO[Si](OCC)(OCC)C(CC)OC(=O)C=CC(=O)OC(CC)[Si](OCC)(OCC)OCC. The maximum absolute atomic E-state index is 12.5. The van der Waals surface area contributed by atoms with Crippen molar-refractivity contribution in [1.82, 2.24) is 0 Å². The van der Waals surface area contributed by atoms with Crippen molar-refractivity contribution in [2.75, 3.05) is 39.6 Å². The predicted octanol–water partition coefficient (Wildman–Crippen LogP) is 3.36. The fraction of sp³-hybridized carbons (Fsp3) is 0.818. The van der Waals surface area contributed by atoms with Crippen LogP contribution in [0.1, 0.15) is 68.2 Å². The second-order valence-electron chi connectivity index (χ2n) is 6.81. The molecule has 0 N–H and O–H groups in total. The summed E-state index contributed by atoms with van der Waals surface area (Å²) in [5.41, 5.74) is -1.42. The van der Waals surface area contributed by atoms with Crippen molar-refractivity contribution in [3.8, 4) is 0 Å². The molecular weight excluding hydrogens is 480 g/mol. The first-order valence-corrected chi connectivity index (χ1v) is 15.8. The molecule has 0 bridgehead atoms. The highest BCUT2D eigenvalue weighted by Gasteiger charge is 2.52. The molecule has 0 aromatic heterocycles. The van der Waals surface area contributed by atoms with Gasteiger partial charge in [0.15, 0.2) is 11.5 Å². The lowest BCUT2D eigenvalue weighted by atomic mass is 10.4. The Kier molecular flexibility index (Phi) is 17.6. The summed E-state index contributed by atoms with van der Waals surface area (Å²) in [5.74, 6) is -1.45. The predicted molar refractivity (Wildman–Crippen MR) is 131 cm³/mol. The van der Waals surface area contributed by atoms with E-state index in [1.165, 1.54) is 0 Å². The molecule has 0 amide bonds. The van der Waals surface area contributed by atoms with Crippen LogP contribution in [0.15, 0.2) is 12.2 Å². The molecule has 0 rings (SSSR count). The first kappa shape index (κ1) is 32.9. The molecule has 0 aliphatic carbocycles. The minimum atomic E-state index is -3.27. The van der Waals surface area contributed by atoms with Crippen LogP contribution >= 0.6 is 0 Å². The van der Waals surface area contributed by atoms with E-state index in [1.807, 2.05) is 55.4 Å². The van der Waals surface area contributed by atoms with Gasteiger partial charge in [-0.3, -0.25) is 0 Å². The van der Waals surface area contributed by atoms with Gasteiger partial charge in [-0.05, 0) is 54.4 Å². The van der Waals surface area contributed by atoms with Gasteiger partial charge in [0.1, 0.15) is 0 Å². The minimum absolute atomic E-state index is 0.353. The number of carbonyl (C=O) groups excluding carboxylic acids is 2. The number of hydrogen-bond donors (Lipinski definition) is 0. The first-order valence-electron chi connectivity index (χ1n) is 12.2. The Morgan fingerprint density at radius 2 is 0.765 bits per heavy atom. The molecule has 12 heteroatoms. The Morgan fingerprint density at radius 3 is 0.941 bits per heavy atom. The Bertz CT molecular complexity index is 518. The molecule has 10 nitrogen and oxygen atoms in total. The molecule has 0 spiro atoms. The number of hydrogen-bond acceptors (Lipinski definition) is 10. The van der Waals surface area contributed by atoms with E-state index in [0.29, 0.717) is 52.5 Å². The van der Waals surface area contributed by atoms with Crippen molar-refractivity contribution in [2.45, 2.75) is 79.7 Å². The molecular formula is C22H44O10Si2. The van der Waals surface area contributed by atoms with Crippen LogP contribution in [0.25, 0.3) is 0 Å². The van der Waals surface area contributed by atoms with Crippen LogP contribution in [0.2, 0.25) is 0 Å². The third kappa shape index (κ3) is 10.2. The van der Waals surface area contributed by atoms with Gasteiger partial charge in [0, 0.05) is 51.8 Å². The number of ether oxygens (including phenoxy) is 2. The summed E-state index contributed by atoms with van der Waals surface area (Å²) >= 11 is 0. The molecule has 0 saturated heterocycles. The molecule has 2 unspecified atom stereocenters. The average molecular weight is 525 g/mol.